The summed E-state index contributed by atoms with van der Waals surface area (Å²) < 4.78 is 49.1. The van der Waals surface area contributed by atoms with Crippen molar-refractivity contribution < 1.29 is 27.4 Å². The van der Waals surface area contributed by atoms with Gasteiger partial charge < -0.3 is 14.8 Å². The number of benzene rings is 2. The molecule has 0 saturated heterocycles. The average molecular weight is 388 g/mol. The lowest BCUT2D eigenvalue weighted by Gasteiger charge is -2.14. The molecule has 0 spiro atoms. The Labute approximate surface area is 153 Å². The summed E-state index contributed by atoms with van der Waals surface area (Å²) in [6, 6.07) is 10.5. The largest absolute Gasteiger partial charge is 0.483 e. The van der Waals surface area contributed by atoms with Gasteiger partial charge in [-0.25, -0.2) is 0 Å². The van der Waals surface area contributed by atoms with Crippen molar-refractivity contribution in [1.29, 1.82) is 0 Å². The zero-order valence-corrected chi connectivity index (χ0v) is 14.7. The minimum Gasteiger partial charge on any atom is -0.483 e. The van der Waals surface area contributed by atoms with E-state index in [1.165, 1.54) is 6.07 Å². The number of amides is 1. The fourth-order valence-corrected chi connectivity index (χ4v) is 2.44. The molecule has 0 heterocycles. The lowest BCUT2D eigenvalue weighted by atomic mass is 10.1. The third-order valence-electron chi connectivity index (χ3n) is 3.50. The zero-order valence-electron chi connectivity index (χ0n) is 13.9. The smallest absolute Gasteiger partial charge is 0.420 e. The Kier molecular flexibility index (Phi) is 6.88. The standard InChI is InChI=1S/C18H17ClF3NO3/c1-25-10-13-5-3-2-4-12(13)9-23-17(24)11-26-16-7-6-14(19)8-15(16)18(20,21)22/h2-8H,9-11H2,1H3,(H,23,24). The molecule has 2 aromatic rings. The van der Waals surface area contributed by atoms with Gasteiger partial charge in [-0.2, -0.15) is 13.2 Å². The summed E-state index contributed by atoms with van der Waals surface area (Å²) >= 11 is 5.60. The van der Waals surface area contributed by atoms with Gasteiger partial charge in [0.05, 0.1) is 12.2 Å². The molecule has 0 atom stereocenters. The highest BCUT2D eigenvalue weighted by Crippen LogP contribution is 2.37. The van der Waals surface area contributed by atoms with Crippen LogP contribution in [0.25, 0.3) is 0 Å². The lowest BCUT2D eigenvalue weighted by Crippen LogP contribution is -2.29. The van der Waals surface area contributed by atoms with Crippen LogP contribution in [0, 0.1) is 0 Å². The predicted molar refractivity (Wildman–Crippen MR) is 91.0 cm³/mol. The van der Waals surface area contributed by atoms with E-state index in [1.54, 1.807) is 7.11 Å². The van der Waals surface area contributed by atoms with Crippen LogP contribution >= 0.6 is 11.6 Å². The molecule has 26 heavy (non-hydrogen) atoms. The molecule has 0 saturated carbocycles. The van der Waals surface area contributed by atoms with Crippen LogP contribution in [0.1, 0.15) is 16.7 Å². The number of halogens is 4. The van der Waals surface area contributed by atoms with E-state index >= 15 is 0 Å². The van der Waals surface area contributed by atoms with E-state index in [0.717, 1.165) is 23.3 Å². The van der Waals surface area contributed by atoms with Crippen LogP contribution in [0.2, 0.25) is 5.02 Å². The fourth-order valence-electron chi connectivity index (χ4n) is 2.26. The van der Waals surface area contributed by atoms with Crippen LogP contribution in [-0.4, -0.2) is 19.6 Å². The summed E-state index contributed by atoms with van der Waals surface area (Å²) in [5, 5.41) is 2.54. The maximum Gasteiger partial charge on any atom is 0.420 e. The summed E-state index contributed by atoms with van der Waals surface area (Å²) in [4.78, 5) is 11.9. The van der Waals surface area contributed by atoms with Gasteiger partial charge in [-0.05, 0) is 29.3 Å². The number of ether oxygens (including phenoxy) is 2. The van der Waals surface area contributed by atoms with Crippen molar-refractivity contribution in [3.05, 3.63) is 64.2 Å². The highest BCUT2D eigenvalue weighted by atomic mass is 35.5. The van der Waals surface area contributed by atoms with Crippen LogP contribution < -0.4 is 10.1 Å². The summed E-state index contributed by atoms with van der Waals surface area (Å²) in [7, 11) is 1.56. The van der Waals surface area contributed by atoms with Crippen LogP contribution in [0.5, 0.6) is 5.75 Å². The third kappa shape index (κ3) is 5.64. The molecule has 0 radical (unpaired) electrons. The summed E-state index contributed by atoms with van der Waals surface area (Å²) in [5.41, 5.74) is 0.738. The molecule has 0 aromatic heterocycles. The molecular weight excluding hydrogens is 371 g/mol. The first kappa shape index (κ1) is 20.1. The maximum absolute atomic E-state index is 13.0. The highest BCUT2D eigenvalue weighted by Gasteiger charge is 2.34. The van der Waals surface area contributed by atoms with Crippen molar-refractivity contribution in [2.45, 2.75) is 19.3 Å². The van der Waals surface area contributed by atoms with Gasteiger partial charge in [0.2, 0.25) is 0 Å². The number of rotatable bonds is 7. The van der Waals surface area contributed by atoms with E-state index < -0.39 is 30.0 Å². The van der Waals surface area contributed by atoms with Gasteiger partial charge in [0, 0.05) is 18.7 Å². The summed E-state index contributed by atoms with van der Waals surface area (Å²) in [6.45, 7) is 0.0634. The molecule has 0 aliphatic rings. The van der Waals surface area contributed by atoms with Crippen molar-refractivity contribution >= 4 is 17.5 Å². The van der Waals surface area contributed by atoms with Crippen molar-refractivity contribution in [2.75, 3.05) is 13.7 Å². The van der Waals surface area contributed by atoms with E-state index in [1.807, 2.05) is 24.3 Å². The van der Waals surface area contributed by atoms with E-state index in [0.29, 0.717) is 6.61 Å². The first-order valence-corrected chi connectivity index (χ1v) is 8.01. The number of carbonyl (C=O) groups is 1. The minimum atomic E-state index is -4.63. The molecule has 1 amide bonds. The van der Waals surface area contributed by atoms with Gasteiger partial charge in [0.25, 0.3) is 5.91 Å². The Morgan fingerprint density at radius 2 is 1.85 bits per heavy atom. The number of hydrogen-bond donors (Lipinski definition) is 1. The average Bonchev–Trinajstić information content (AvgIpc) is 2.59. The number of hydrogen-bond acceptors (Lipinski definition) is 3. The Morgan fingerprint density at radius 1 is 1.15 bits per heavy atom. The number of alkyl halides is 3. The van der Waals surface area contributed by atoms with Gasteiger partial charge >= 0.3 is 6.18 Å². The fraction of sp³-hybridized carbons (Fsp3) is 0.278. The Morgan fingerprint density at radius 3 is 2.50 bits per heavy atom. The van der Waals surface area contributed by atoms with Crippen LogP contribution in [0.4, 0.5) is 13.2 Å². The number of nitrogens with one attached hydrogen (secondary N) is 1. The van der Waals surface area contributed by atoms with E-state index in [2.05, 4.69) is 5.32 Å². The molecule has 8 heteroatoms. The minimum absolute atomic E-state index is 0.0659. The summed E-state index contributed by atoms with van der Waals surface area (Å²) in [5.74, 6) is -0.989. The molecule has 0 aliphatic carbocycles. The second kappa shape index (κ2) is 8.91. The topological polar surface area (TPSA) is 47.6 Å². The van der Waals surface area contributed by atoms with Gasteiger partial charge in [-0.15, -0.1) is 0 Å². The van der Waals surface area contributed by atoms with E-state index in [4.69, 9.17) is 21.1 Å². The molecule has 2 aromatic carbocycles. The molecule has 2 rings (SSSR count). The SMILES string of the molecule is COCc1ccccc1CNC(=O)COc1ccc(Cl)cc1C(F)(F)F. The quantitative estimate of drug-likeness (QED) is 0.774. The number of methoxy groups -OCH3 is 1. The molecule has 1 N–H and O–H groups in total. The predicted octanol–water partition coefficient (Wildman–Crippen LogP) is 4.20. The third-order valence-corrected chi connectivity index (χ3v) is 3.74. The molecule has 0 bridgehead atoms. The monoisotopic (exact) mass is 387 g/mol. The number of carbonyl (C=O) groups excluding carboxylic acids is 1. The summed E-state index contributed by atoms with van der Waals surface area (Å²) in [6.07, 6.45) is -4.63. The van der Waals surface area contributed by atoms with Crippen molar-refractivity contribution in [2.24, 2.45) is 0 Å². The van der Waals surface area contributed by atoms with Gasteiger partial charge in [0.15, 0.2) is 6.61 Å². The molecule has 0 aliphatic heterocycles. The van der Waals surface area contributed by atoms with Crippen molar-refractivity contribution in [3.63, 3.8) is 0 Å². The Bertz CT molecular complexity index is 766. The van der Waals surface area contributed by atoms with Gasteiger partial charge in [0.1, 0.15) is 5.75 Å². The molecule has 0 unspecified atom stereocenters. The van der Waals surface area contributed by atoms with E-state index in [9.17, 15) is 18.0 Å². The Hall–Kier alpha value is -2.25. The Balaban J connectivity index is 1.96. The lowest BCUT2D eigenvalue weighted by molar-refractivity contribution is -0.139. The molecule has 140 valence electrons. The zero-order chi connectivity index (χ0) is 19.2. The van der Waals surface area contributed by atoms with Crippen molar-refractivity contribution in [3.8, 4) is 5.75 Å². The maximum atomic E-state index is 13.0. The molecular formula is C18H17ClF3NO3. The molecule has 4 nitrogen and oxygen atoms in total. The second-order valence-electron chi connectivity index (χ2n) is 5.41. The first-order valence-electron chi connectivity index (χ1n) is 7.63. The van der Waals surface area contributed by atoms with Crippen molar-refractivity contribution in [1.82, 2.24) is 5.32 Å². The van der Waals surface area contributed by atoms with Crippen LogP contribution in [-0.2, 0) is 28.9 Å². The highest BCUT2D eigenvalue weighted by molar-refractivity contribution is 6.30. The van der Waals surface area contributed by atoms with E-state index in [-0.39, 0.29) is 11.6 Å². The van der Waals surface area contributed by atoms with Crippen LogP contribution in [0.15, 0.2) is 42.5 Å². The second-order valence-corrected chi connectivity index (χ2v) is 5.84. The van der Waals surface area contributed by atoms with Crippen LogP contribution in [0.3, 0.4) is 0 Å². The normalized spacial score (nSPS) is 11.3. The van der Waals surface area contributed by atoms with Gasteiger partial charge in [-0.1, -0.05) is 35.9 Å². The molecule has 0 fully saturated rings. The van der Waals surface area contributed by atoms with Gasteiger partial charge in [-0.3, -0.25) is 4.79 Å². The first-order chi connectivity index (χ1) is 12.3.